The maximum absolute atomic E-state index is 10.5. The summed E-state index contributed by atoms with van der Waals surface area (Å²) in [5.41, 5.74) is 0.336. The molecule has 0 bridgehead atoms. The van der Waals surface area contributed by atoms with Gasteiger partial charge in [0.1, 0.15) is 0 Å². The van der Waals surface area contributed by atoms with Gasteiger partial charge in [-0.2, -0.15) is 0 Å². The highest BCUT2D eigenvalue weighted by Crippen LogP contribution is 2.50. The molecule has 0 rings (SSSR count). The standard InChI is InChI=1S/C5H12O3P/c1-3-5(4-2)9(6,7)8/h3-4H2,1-2H3,(H2,6,7,8). The molecule has 0 saturated heterocycles. The van der Waals surface area contributed by atoms with E-state index in [1.807, 2.05) is 0 Å². The van der Waals surface area contributed by atoms with Crippen LogP contribution < -0.4 is 0 Å². The van der Waals surface area contributed by atoms with Crippen molar-refractivity contribution in [2.45, 2.75) is 26.7 Å². The Bertz CT molecular complexity index is 113. The fourth-order valence-electron chi connectivity index (χ4n) is 0.662. The Morgan fingerprint density at radius 2 is 1.67 bits per heavy atom. The lowest BCUT2D eigenvalue weighted by atomic mass is 10.3. The number of hydrogen-bond acceptors (Lipinski definition) is 1. The monoisotopic (exact) mass is 151 g/mol. The van der Waals surface area contributed by atoms with Crippen molar-refractivity contribution in [1.82, 2.24) is 0 Å². The van der Waals surface area contributed by atoms with E-state index in [0.29, 0.717) is 18.5 Å². The van der Waals surface area contributed by atoms with Crippen molar-refractivity contribution in [2.75, 3.05) is 0 Å². The summed E-state index contributed by atoms with van der Waals surface area (Å²) in [5, 5.41) is 0. The fraction of sp³-hybridized carbons (Fsp3) is 0.800. The van der Waals surface area contributed by atoms with Crippen LogP contribution in [0.4, 0.5) is 0 Å². The highest BCUT2D eigenvalue weighted by atomic mass is 31.2. The molecule has 0 aromatic heterocycles. The summed E-state index contributed by atoms with van der Waals surface area (Å²) >= 11 is 0. The van der Waals surface area contributed by atoms with Crippen LogP contribution in [0, 0.1) is 5.66 Å². The zero-order valence-electron chi connectivity index (χ0n) is 5.66. The quantitative estimate of drug-likeness (QED) is 0.601. The molecule has 0 spiro atoms. The maximum atomic E-state index is 10.5. The first kappa shape index (κ1) is 9.15. The first-order chi connectivity index (χ1) is 4.02. The van der Waals surface area contributed by atoms with Crippen LogP contribution in [0.15, 0.2) is 0 Å². The topological polar surface area (TPSA) is 57.5 Å². The molecule has 0 atom stereocenters. The molecule has 0 heterocycles. The lowest BCUT2D eigenvalue weighted by Gasteiger charge is -2.11. The van der Waals surface area contributed by atoms with Gasteiger partial charge in [0.15, 0.2) is 0 Å². The summed E-state index contributed by atoms with van der Waals surface area (Å²) in [4.78, 5) is 17.1. The minimum atomic E-state index is -3.86. The van der Waals surface area contributed by atoms with Gasteiger partial charge in [-0.15, -0.1) is 0 Å². The predicted molar refractivity (Wildman–Crippen MR) is 35.9 cm³/mol. The van der Waals surface area contributed by atoms with Gasteiger partial charge in [-0.1, -0.05) is 13.8 Å². The van der Waals surface area contributed by atoms with E-state index in [0.717, 1.165) is 0 Å². The minimum Gasteiger partial charge on any atom is -0.324 e. The Labute approximate surface area is 55.3 Å². The van der Waals surface area contributed by atoms with Gasteiger partial charge in [0.05, 0.1) is 5.66 Å². The van der Waals surface area contributed by atoms with Crippen molar-refractivity contribution in [3.63, 3.8) is 0 Å². The number of hydrogen-bond donors (Lipinski definition) is 2. The van der Waals surface area contributed by atoms with E-state index in [-0.39, 0.29) is 0 Å². The van der Waals surface area contributed by atoms with Crippen molar-refractivity contribution in [3.05, 3.63) is 5.66 Å². The van der Waals surface area contributed by atoms with Gasteiger partial charge in [0, 0.05) is 0 Å². The highest BCUT2D eigenvalue weighted by molar-refractivity contribution is 7.55. The van der Waals surface area contributed by atoms with Gasteiger partial charge >= 0.3 is 7.60 Å². The molecule has 55 valence electrons. The molecule has 0 aliphatic carbocycles. The molecule has 0 aliphatic heterocycles. The van der Waals surface area contributed by atoms with E-state index < -0.39 is 7.60 Å². The maximum Gasteiger partial charge on any atom is 0.332 e. The van der Waals surface area contributed by atoms with E-state index in [9.17, 15) is 4.57 Å². The molecule has 9 heavy (non-hydrogen) atoms. The highest BCUT2D eigenvalue weighted by Gasteiger charge is 2.25. The molecule has 0 fully saturated rings. The lowest BCUT2D eigenvalue weighted by molar-refractivity contribution is 0.370. The van der Waals surface area contributed by atoms with Crippen molar-refractivity contribution in [3.8, 4) is 0 Å². The van der Waals surface area contributed by atoms with Crippen molar-refractivity contribution in [2.24, 2.45) is 0 Å². The summed E-state index contributed by atoms with van der Waals surface area (Å²) in [6.45, 7) is 3.50. The second kappa shape index (κ2) is 3.35. The van der Waals surface area contributed by atoms with Gasteiger partial charge < -0.3 is 9.79 Å². The summed E-state index contributed by atoms with van der Waals surface area (Å²) in [6.07, 6.45) is 0.946. The SMILES string of the molecule is CC[C](CC)P(=O)(O)O. The number of rotatable bonds is 3. The predicted octanol–water partition coefficient (Wildman–Crippen LogP) is 1.52. The fourth-order valence-corrected chi connectivity index (χ4v) is 1.49. The first-order valence-electron chi connectivity index (χ1n) is 2.93. The Hall–Kier alpha value is 0.150. The molecular formula is C5H12O3P. The van der Waals surface area contributed by atoms with E-state index >= 15 is 0 Å². The van der Waals surface area contributed by atoms with Crippen molar-refractivity contribution in [1.29, 1.82) is 0 Å². The Balaban J connectivity index is 3.96. The molecule has 0 unspecified atom stereocenters. The van der Waals surface area contributed by atoms with Crippen LogP contribution in [-0.2, 0) is 4.57 Å². The van der Waals surface area contributed by atoms with Gasteiger partial charge in [0.25, 0.3) is 0 Å². The first-order valence-corrected chi connectivity index (χ1v) is 4.54. The van der Waals surface area contributed by atoms with Crippen molar-refractivity contribution >= 4 is 7.60 Å². The molecule has 0 aromatic carbocycles. The molecular weight excluding hydrogens is 139 g/mol. The zero-order chi connectivity index (χ0) is 7.49. The molecule has 3 nitrogen and oxygen atoms in total. The second-order valence-corrected chi connectivity index (χ2v) is 3.54. The minimum absolute atomic E-state index is 0.336. The van der Waals surface area contributed by atoms with Crippen LogP contribution in [0.25, 0.3) is 0 Å². The lowest BCUT2D eigenvalue weighted by Crippen LogP contribution is -1.93. The smallest absolute Gasteiger partial charge is 0.324 e. The van der Waals surface area contributed by atoms with E-state index in [2.05, 4.69) is 0 Å². The third-order valence-corrected chi connectivity index (χ3v) is 2.68. The summed E-state index contributed by atoms with van der Waals surface area (Å²) < 4.78 is 10.5. The third-order valence-electron chi connectivity index (χ3n) is 1.23. The third kappa shape index (κ3) is 2.99. The molecule has 4 heteroatoms. The van der Waals surface area contributed by atoms with E-state index in [1.165, 1.54) is 0 Å². The zero-order valence-corrected chi connectivity index (χ0v) is 6.56. The van der Waals surface area contributed by atoms with Crippen LogP contribution in [0.2, 0.25) is 0 Å². The van der Waals surface area contributed by atoms with Crippen LogP contribution in [0.1, 0.15) is 26.7 Å². The van der Waals surface area contributed by atoms with Gasteiger partial charge in [-0.25, -0.2) is 0 Å². The molecule has 0 saturated carbocycles. The Kier molecular flexibility index (Phi) is 3.41. The molecule has 1 radical (unpaired) electrons. The summed E-state index contributed by atoms with van der Waals surface area (Å²) in [5.74, 6) is 0. The van der Waals surface area contributed by atoms with Crippen LogP contribution >= 0.6 is 7.60 Å². The normalized spacial score (nSPS) is 12.6. The van der Waals surface area contributed by atoms with Gasteiger partial charge in [-0.3, -0.25) is 4.57 Å². The van der Waals surface area contributed by atoms with Crippen LogP contribution in [0.3, 0.4) is 0 Å². The Morgan fingerprint density at radius 3 is 1.67 bits per heavy atom. The summed E-state index contributed by atoms with van der Waals surface area (Å²) in [7, 11) is -3.86. The van der Waals surface area contributed by atoms with Crippen LogP contribution in [-0.4, -0.2) is 9.79 Å². The molecule has 0 amide bonds. The average molecular weight is 151 g/mol. The van der Waals surface area contributed by atoms with Gasteiger partial charge in [-0.05, 0) is 12.8 Å². The Morgan fingerprint density at radius 1 is 1.33 bits per heavy atom. The molecule has 2 N–H and O–H groups in total. The summed E-state index contributed by atoms with van der Waals surface area (Å²) in [6, 6.07) is 0. The van der Waals surface area contributed by atoms with E-state index in [1.54, 1.807) is 13.8 Å². The van der Waals surface area contributed by atoms with E-state index in [4.69, 9.17) is 9.79 Å². The molecule has 0 aliphatic rings. The van der Waals surface area contributed by atoms with Gasteiger partial charge in [0.2, 0.25) is 0 Å². The second-order valence-electron chi connectivity index (χ2n) is 1.82. The van der Waals surface area contributed by atoms with Crippen molar-refractivity contribution < 1.29 is 14.4 Å². The molecule has 0 aromatic rings. The largest absolute Gasteiger partial charge is 0.332 e. The average Bonchev–Trinajstić information content (AvgIpc) is 1.65. The van der Waals surface area contributed by atoms with Crippen LogP contribution in [0.5, 0.6) is 0 Å².